The van der Waals surface area contributed by atoms with E-state index in [1.165, 1.54) is 0 Å². The van der Waals surface area contributed by atoms with Gasteiger partial charge in [-0.15, -0.1) is 6.58 Å². The molecular weight excluding hydrogens is 150 g/mol. The van der Waals surface area contributed by atoms with Crippen molar-refractivity contribution in [3.63, 3.8) is 0 Å². The first-order valence-electron chi connectivity index (χ1n) is 3.51. The first-order valence-corrected chi connectivity index (χ1v) is 3.51. The van der Waals surface area contributed by atoms with Crippen LogP contribution >= 0.6 is 0 Å². The molecule has 0 amide bonds. The van der Waals surface area contributed by atoms with Crippen molar-refractivity contribution in [1.29, 1.82) is 5.26 Å². The van der Waals surface area contributed by atoms with Gasteiger partial charge in [-0.05, 0) is 6.07 Å². The standard InChI is InChI=1S/C9H9N3/c1-2-9(11)8-6-12-4-3-7(8)5-10/h2-4,6,9H,1,11H2. The average Bonchev–Trinajstić information content (AvgIpc) is 2.16. The molecule has 0 aliphatic carbocycles. The highest BCUT2D eigenvalue weighted by molar-refractivity contribution is 5.38. The normalized spacial score (nSPS) is 11.7. The summed E-state index contributed by atoms with van der Waals surface area (Å²) >= 11 is 0. The van der Waals surface area contributed by atoms with E-state index in [9.17, 15) is 0 Å². The van der Waals surface area contributed by atoms with Crippen LogP contribution in [0.25, 0.3) is 0 Å². The zero-order valence-corrected chi connectivity index (χ0v) is 6.57. The lowest BCUT2D eigenvalue weighted by Gasteiger charge is -2.06. The van der Waals surface area contributed by atoms with E-state index >= 15 is 0 Å². The predicted molar refractivity (Wildman–Crippen MR) is 46.1 cm³/mol. The second-order valence-electron chi connectivity index (χ2n) is 2.34. The van der Waals surface area contributed by atoms with Gasteiger partial charge in [-0.2, -0.15) is 5.26 Å². The van der Waals surface area contributed by atoms with Crippen molar-refractivity contribution in [1.82, 2.24) is 4.98 Å². The molecule has 0 aliphatic rings. The molecule has 1 rings (SSSR count). The third kappa shape index (κ3) is 1.49. The van der Waals surface area contributed by atoms with Crippen LogP contribution in [0.2, 0.25) is 0 Å². The third-order valence-corrected chi connectivity index (χ3v) is 1.59. The molecule has 1 heterocycles. The minimum atomic E-state index is -0.312. The molecule has 0 radical (unpaired) electrons. The van der Waals surface area contributed by atoms with E-state index in [-0.39, 0.29) is 6.04 Å². The van der Waals surface area contributed by atoms with E-state index < -0.39 is 0 Å². The minimum absolute atomic E-state index is 0.312. The van der Waals surface area contributed by atoms with E-state index in [1.54, 1.807) is 24.5 Å². The molecule has 0 aromatic carbocycles. The van der Waals surface area contributed by atoms with Crippen LogP contribution in [-0.4, -0.2) is 4.98 Å². The van der Waals surface area contributed by atoms with Gasteiger partial charge in [0, 0.05) is 18.0 Å². The fraction of sp³-hybridized carbons (Fsp3) is 0.111. The summed E-state index contributed by atoms with van der Waals surface area (Å²) in [5.41, 5.74) is 6.93. The summed E-state index contributed by atoms with van der Waals surface area (Å²) in [7, 11) is 0. The maximum absolute atomic E-state index is 8.70. The molecular formula is C9H9N3. The van der Waals surface area contributed by atoms with Gasteiger partial charge in [0.2, 0.25) is 0 Å². The second-order valence-corrected chi connectivity index (χ2v) is 2.34. The number of nitrogens with zero attached hydrogens (tertiary/aromatic N) is 2. The second kappa shape index (κ2) is 3.65. The number of aromatic nitrogens is 1. The SMILES string of the molecule is C=CC(N)c1cnccc1C#N. The van der Waals surface area contributed by atoms with Crippen molar-refractivity contribution >= 4 is 0 Å². The van der Waals surface area contributed by atoms with Gasteiger partial charge in [-0.25, -0.2) is 0 Å². The quantitative estimate of drug-likeness (QED) is 0.658. The molecule has 0 saturated carbocycles. The minimum Gasteiger partial charge on any atom is -0.321 e. The molecule has 1 aromatic heterocycles. The Morgan fingerprint density at radius 2 is 2.50 bits per heavy atom. The summed E-state index contributed by atoms with van der Waals surface area (Å²) in [6.07, 6.45) is 4.74. The predicted octanol–water partition coefficient (Wildman–Crippen LogP) is 1.14. The Kier molecular flexibility index (Phi) is 2.57. The molecule has 1 aromatic rings. The third-order valence-electron chi connectivity index (χ3n) is 1.59. The van der Waals surface area contributed by atoms with Gasteiger partial charge in [0.25, 0.3) is 0 Å². The molecule has 2 N–H and O–H groups in total. The van der Waals surface area contributed by atoms with Crippen LogP contribution in [0.4, 0.5) is 0 Å². The molecule has 0 aliphatic heterocycles. The van der Waals surface area contributed by atoms with Crippen LogP contribution in [0.5, 0.6) is 0 Å². The Balaban J connectivity index is 3.15. The molecule has 0 spiro atoms. The summed E-state index contributed by atoms with van der Waals surface area (Å²) < 4.78 is 0. The Bertz CT molecular complexity index is 325. The Morgan fingerprint density at radius 3 is 3.08 bits per heavy atom. The summed E-state index contributed by atoms with van der Waals surface area (Å²) in [6, 6.07) is 3.37. The smallest absolute Gasteiger partial charge is 0.0996 e. The Morgan fingerprint density at radius 1 is 1.75 bits per heavy atom. The zero-order valence-electron chi connectivity index (χ0n) is 6.57. The summed E-state index contributed by atoms with van der Waals surface area (Å²) in [5.74, 6) is 0. The number of nitriles is 1. The molecule has 1 atom stereocenters. The molecule has 12 heavy (non-hydrogen) atoms. The van der Waals surface area contributed by atoms with Crippen molar-refractivity contribution in [2.45, 2.75) is 6.04 Å². The molecule has 60 valence electrons. The van der Waals surface area contributed by atoms with E-state index in [2.05, 4.69) is 11.6 Å². The van der Waals surface area contributed by atoms with Crippen molar-refractivity contribution in [2.75, 3.05) is 0 Å². The van der Waals surface area contributed by atoms with Gasteiger partial charge in [-0.3, -0.25) is 4.98 Å². The van der Waals surface area contributed by atoms with Crippen LogP contribution in [0, 0.1) is 11.3 Å². The molecule has 1 unspecified atom stereocenters. The van der Waals surface area contributed by atoms with Gasteiger partial charge in [-0.1, -0.05) is 6.08 Å². The largest absolute Gasteiger partial charge is 0.321 e. The Labute approximate surface area is 71.2 Å². The lowest BCUT2D eigenvalue weighted by atomic mass is 10.1. The number of hydrogen-bond acceptors (Lipinski definition) is 3. The summed E-state index contributed by atoms with van der Waals surface area (Å²) in [5, 5.41) is 8.70. The lowest BCUT2D eigenvalue weighted by molar-refractivity contribution is 0.898. The summed E-state index contributed by atoms with van der Waals surface area (Å²) in [4.78, 5) is 3.88. The molecule has 0 saturated heterocycles. The highest BCUT2D eigenvalue weighted by Crippen LogP contribution is 2.13. The highest BCUT2D eigenvalue weighted by Gasteiger charge is 2.06. The van der Waals surface area contributed by atoms with Gasteiger partial charge in [0.15, 0.2) is 0 Å². The monoisotopic (exact) mass is 159 g/mol. The molecule has 0 fully saturated rings. The van der Waals surface area contributed by atoms with Gasteiger partial charge in [0.05, 0.1) is 17.7 Å². The number of nitrogens with two attached hydrogens (primary N) is 1. The van der Waals surface area contributed by atoms with E-state index in [1.807, 2.05) is 6.07 Å². The fourth-order valence-electron chi connectivity index (χ4n) is 0.901. The fourth-order valence-corrected chi connectivity index (χ4v) is 0.901. The van der Waals surface area contributed by atoms with Crippen LogP contribution in [0.3, 0.4) is 0 Å². The van der Waals surface area contributed by atoms with Crippen molar-refractivity contribution < 1.29 is 0 Å². The molecule has 3 heteroatoms. The maximum atomic E-state index is 8.70. The Hall–Kier alpha value is -1.66. The van der Waals surface area contributed by atoms with Crippen LogP contribution in [0.1, 0.15) is 17.2 Å². The van der Waals surface area contributed by atoms with Crippen molar-refractivity contribution in [3.8, 4) is 6.07 Å². The van der Waals surface area contributed by atoms with Crippen LogP contribution < -0.4 is 5.73 Å². The van der Waals surface area contributed by atoms with Gasteiger partial charge in [0.1, 0.15) is 0 Å². The average molecular weight is 159 g/mol. The van der Waals surface area contributed by atoms with Crippen LogP contribution in [0.15, 0.2) is 31.1 Å². The zero-order chi connectivity index (χ0) is 8.97. The van der Waals surface area contributed by atoms with Crippen LogP contribution in [-0.2, 0) is 0 Å². The topological polar surface area (TPSA) is 62.7 Å². The van der Waals surface area contributed by atoms with Gasteiger partial charge >= 0.3 is 0 Å². The van der Waals surface area contributed by atoms with Crippen molar-refractivity contribution in [3.05, 3.63) is 42.2 Å². The molecule has 3 nitrogen and oxygen atoms in total. The van der Waals surface area contributed by atoms with E-state index in [4.69, 9.17) is 11.0 Å². The highest BCUT2D eigenvalue weighted by atomic mass is 14.7. The molecule has 0 bridgehead atoms. The first-order chi connectivity index (χ1) is 5.79. The number of pyridine rings is 1. The van der Waals surface area contributed by atoms with Gasteiger partial charge < -0.3 is 5.73 Å². The van der Waals surface area contributed by atoms with Crippen molar-refractivity contribution in [2.24, 2.45) is 5.73 Å². The lowest BCUT2D eigenvalue weighted by Crippen LogP contribution is -2.08. The number of hydrogen-bond donors (Lipinski definition) is 1. The van der Waals surface area contributed by atoms with E-state index in [0.717, 1.165) is 5.56 Å². The summed E-state index contributed by atoms with van der Waals surface area (Å²) in [6.45, 7) is 3.55. The number of rotatable bonds is 2. The van der Waals surface area contributed by atoms with E-state index in [0.29, 0.717) is 5.56 Å². The maximum Gasteiger partial charge on any atom is 0.0996 e. The first kappa shape index (κ1) is 8.44.